The number of hydrogen-bond donors (Lipinski definition) is 1. The smallest absolute Gasteiger partial charge is 0.334 e. The summed E-state index contributed by atoms with van der Waals surface area (Å²) in [5, 5.41) is 5.91. The van der Waals surface area contributed by atoms with Gasteiger partial charge in [0.25, 0.3) is 0 Å². The minimum absolute atomic E-state index is 0.0176. The third kappa shape index (κ3) is 2.00. The van der Waals surface area contributed by atoms with Crippen LogP contribution in [-0.4, -0.2) is 18.6 Å². The summed E-state index contributed by atoms with van der Waals surface area (Å²) in [7, 11) is 0. The SMILES string of the molecule is C[C@H]1CC2=C(Cc3c(ccc4ccccc34)NC2)C(=O)O1. The summed E-state index contributed by atoms with van der Waals surface area (Å²) in [6, 6.07) is 12.6. The first-order chi connectivity index (χ1) is 10.2. The molecular formula is C18H17NO2. The second kappa shape index (κ2) is 4.62. The molecule has 0 bridgehead atoms. The Bertz CT molecular complexity index is 776. The van der Waals surface area contributed by atoms with E-state index < -0.39 is 0 Å². The highest BCUT2D eigenvalue weighted by atomic mass is 16.5. The molecule has 2 aliphatic rings. The van der Waals surface area contributed by atoms with E-state index in [2.05, 4.69) is 29.6 Å². The molecule has 0 unspecified atom stereocenters. The molecule has 2 aromatic carbocycles. The number of carbonyl (C=O) groups is 1. The Morgan fingerprint density at radius 2 is 2.05 bits per heavy atom. The Hall–Kier alpha value is -2.29. The number of ether oxygens (including phenoxy) is 1. The fraction of sp³-hybridized carbons (Fsp3) is 0.278. The van der Waals surface area contributed by atoms with Crippen LogP contribution in [0.2, 0.25) is 0 Å². The van der Waals surface area contributed by atoms with E-state index in [1.165, 1.54) is 21.9 Å². The lowest BCUT2D eigenvalue weighted by Gasteiger charge is -2.23. The summed E-state index contributed by atoms with van der Waals surface area (Å²) >= 11 is 0. The van der Waals surface area contributed by atoms with Gasteiger partial charge in [0.2, 0.25) is 0 Å². The summed E-state index contributed by atoms with van der Waals surface area (Å²) in [5.74, 6) is -0.147. The molecule has 0 saturated carbocycles. The van der Waals surface area contributed by atoms with Gasteiger partial charge < -0.3 is 10.1 Å². The first-order valence-electron chi connectivity index (χ1n) is 7.39. The monoisotopic (exact) mass is 279 g/mol. The summed E-state index contributed by atoms with van der Waals surface area (Å²) in [6.07, 6.45) is 1.47. The van der Waals surface area contributed by atoms with Crippen LogP contribution in [0.25, 0.3) is 10.8 Å². The van der Waals surface area contributed by atoms with Crippen molar-refractivity contribution in [2.24, 2.45) is 0 Å². The lowest BCUT2D eigenvalue weighted by Crippen LogP contribution is -2.26. The van der Waals surface area contributed by atoms with Crippen molar-refractivity contribution in [3.63, 3.8) is 0 Å². The Balaban J connectivity index is 1.88. The molecule has 0 saturated heterocycles. The van der Waals surface area contributed by atoms with Crippen molar-refractivity contribution in [3.8, 4) is 0 Å². The number of fused-ring (bicyclic) bond motifs is 3. The van der Waals surface area contributed by atoms with Crippen LogP contribution in [0.1, 0.15) is 18.9 Å². The van der Waals surface area contributed by atoms with Gasteiger partial charge in [-0.05, 0) is 34.9 Å². The molecule has 4 rings (SSSR count). The van der Waals surface area contributed by atoms with E-state index in [0.29, 0.717) is 6.42 Å². The molecule has 2 heterocycles. The molecule has 2 aromatic rings. The molecule has 3 heteroatoms. The number of carbonyl (C=O) groups excluding carboxylic acids is 1. The number of benzene rings is 2. The van der Waals surface area contributed by atoms with Crippen LogP contribution >= 0.6 is 0 Å². The fourth-order valence-electron chi connectivity index (χ4n) is 3.36. The predicted octanol–water partition coefficient (Wildman–Crippen LogP) is 3.44. The molecule has 1 N–H and O–H groups in total. The van der Waals surface area contributed by atoms with Gasteiger partial charge in [0.05, 0.1) is 0 Å². The van der Waals surface area contributed by atoms with E-state index in [4.69, 9.17) is 4.74 Å². The maximum atomic E-state index is 12.2. The molecule has 0 spiro atoms. The van der Waals surface area contributed by atoms with Gasteiger partial charge in [-0.1, -0.05) is 30.3 Å². The van der Waals surface area contributed by atoms with Crippen LogP contribution in [0.4, 0.5) is 5.69 Å². The van der Waals surface area contributed by atoms with Crippen LogP contribution in [0.5, 0.6) is 0 Å². The molecule has 21 heavy (non-hydrogen) atoms. The van der Waals surface area contributed by atoms with Crippen molar-refractivity contribution < 1.29 is 9.53 Å². The van der Waals surface area contributed by atoms with Crippen molar-refractivity contribution in [3.05, 3.63) is 53.1 Å². The Kier molecular flexibility index (Phi) is 2.74. The van der Waals surface area contributed by atoms with E-state index in [-0.39, 0.29) is 12.1 Å². The summed E-state index contributed by atoms with van der Waals surface area (Å²) in [6.45, 7) is 2.69. The number of hydrogen-bond acceptors (Lipinski definition) is 3. The first-order valence-corrected chi connectivity index (χ1v) is 7.39. The zero-order valence-corrected chi connectivity index (χ0v) is 12.0. The van der Waals surface area contributed by atoms with Crippen molar-refractivity contribution >= 4 is 22.4 Å². The van der Waals surface area contributed by atoms with Crippen LogP contribution in [-0.2, 0) is 16.0 Å². The second-order valence-corrected chi connectivity index (χ2v) is 5.85. The summed E-state index contributed by atoms with van der Waals surface area (Å²) in [4.78, 5) is 12.2. The normalized spacial score (nSPS) is 21.2. The number of rotatable bonds is 0. The minimum Gasteiger partial charge on any atom is -0.459 e. The fourth-order valence-corrected chi connectivity index (χ4v) is 3.36. The highest BCUT2D eigenvalue weighted by Gasteiger charge is 2.29. The third-order valence-electron chi connectivity index (χ3n) is 4.40. The summed E-state index contributed by atoms with van der Waals surface area (Å²) in [5.41, 5.74) is 4.36. The van der Waals surface area contributed by atoms with Crippen molar-refractivity contribution in [2.45, 2.75) is 25.9 Å². The number of nitrogens with one attached hydrogen (secondary N) is 1. The molecule has 0 radical (unpaired) electrons. The molecule has 0 fully saturated rings. The van der Waals surface area contributed by atoms with Crippen molar-refractivity contribution in [1.29, 1.82) is 0 Å². The topological polar surface area (TPSA) is 38.3 Å². The van der Waals surface area contributed by atoms with Gasteiger partial charge >= 0.3 is 5.97 Å². The third-order valence-corrected chi connectivity index (χ3v) is 4.40. The zero-order valence-electron chi connectivity index (χ0n) is 12.0. The van der Waals surface area contributed by atoms with Crippen molar-refractivity contribution in [2.75, 3.05) is 11.9 Å². The molecule has 2 aliphatic heterocycles. The largest absolute Gasteiger partial charge is 0.459 e. The van der Waals surface area contributed by atoms with Gasteiger partial charge in [-0.2, -0.15) is 0 Å². The van der Waals surface area contributed by atoms with Gasteiger partial charge in [0.1, 0.15) is 6.10 Å². The molecule has 0 amide bonds. The van der Waals surface area contributed by atoms with Gasteiger partial charge in [0, 0.05) is 30.6 Å². The maximum absolute atomic E-state index is 12.2. The second-order valence-electron chi connectivity index (χ2n) is 5.85. The van der Waals surface area contributed by atoms with Crippen LogP contribution in [0.3, 0.4) is 0 Å². The molecule has 1 atom stereocenters. The maximum Gasteiger partial charge on any atom is 0.334 e. The quantitative estimate of drug-likeness (QED) is 0.751. The van der Waals surface area contributed by atoms with E-state index in [1.807, 2.05) is 19.1 Å². The van der Waals surface area contributed by atoms with Gasteiger partial charge in [-0.3, -0.25) is 0 Å². The molecule has 0 aromatic heterocycles. The number of cyclic esters (lactones) is 1. The lowest BCUT2D eigenvalue weighted by molar-refractivity contribution is -0.145. The van der Waals surface area contributed by atoms with Crippen LogP contribution in [0.15, 0.2) is 47.5 Å². The zero-order chi connectivity index (χ0) is 14.4. The van der Waals surface area contributed by atoms with Crippen LogP contribution < -0.4 is 5.32 Å². The van der Waals surface area contributed by atoms with Gasteiger partial charge in [-0.25, -0.2) is 4.79 Å². The average molecular weight is 279 g/mol. The van der Waals surface area contributed by atoms with E-state index in [0.717, 1.165) is 24.2 Å². The first kappa shape index (κ1) is 12.5. The predicted molar refractivity (Wildman–Crippen MR) is 83.3 cm³/mol. The Morgan fingerprint density at radius 3 is 2.95 bits per heavy atom. The van der Waals surface area contributed by atoms with Gasteiger partial charge in [0.15, 0.2) is 0 Å². The minimum atomic E-state index is -0.147. The van der Waals surface area contributed by atoms with E-state index in [9.17, 15) is 4.79 Å². The highest BCUT2D eigenvalue weighted by molar-refractivity contribution is 5.96. The standard InChI is InChI=1S/C18H17NO2/c1-11-8-13-10-19-17-7-6-12-4-2-3-5-14(12)16(17)9-15(13)18(20)21-11/h2-7,11,19H,8-10H2,1H3/t11-/m0/s1. The molecular weight excluding hydrogens is 262 g/mol. The van der Waals surface area contributed by atoms with Gasteiger partial charge in [-0.15, -0.1) is 0 Å². The van der Waals surface area contributed by atoms with E-state index in [1.54, 1.807) is 0 Å². The molecule has 3 nitrogen and oxygen atoms in total. The van der Waals surface area contributed by atoms with Crippen molar-refractivity contribution in [1.82, 2.24) is 0 Å². The lowest BCUT2D eigenvalue weighted by atomic mass is 9.93. The highest BCUT2D eigenvalue weighted by Crippen LogP contribution is 2.34. The Morgan fingerprint density at radius 1 is 1.19 bits per heavy atom. The Labute approximate surface area is 123 Å². The van der Waals surface area contributed by atoms with E-state index >= 15 is 0 Å². The van der Waals surface area contributed by atoms with Crippen LogP contribution in [0, 0.1) is 0 Å². The molecule has 0 aliphatic carbocycles. The average Bonchev–Trinajstić information content (AvgIpc) is 2.67. The number of anilines is 1. The number of esters is 1. The summed E-state index contributed by atoms with van der Waals surface area (Å²) < 4.78 is 5.41. The molecule has 106 valence electrons.